The van der Waals surface area contributed by atoms with Crippen molar-refractivity contribution in [2.75, 3.05) is 12.4 Å². The van der Waals surface area contributed by atoms with E-state index in [-0.39, 0.29) is 0 Å². The maximum absolute atomic E-state index is 5.86. The molecule has 0 fully saturated rings. The molecule has 27 heavy (non-hydrogen) atoms. The highest BCUT2D eigenvalue weighted by molar-refractivity contribution is 5.61. The van der Waals surface area contributed by atoms with E-state index in [2.05, 4.69) is 25.3 Å². The van der Waals surface area contributed by atoms with Gasteiger partial charge in [-0.25, -0.2) is 19.9 Å². The zero-order valence-corrected chi connectivity index (χ0v) is 14.9. The number of anilines is 2. The molecule has 0 bridgehead atoms. The van der Waals surface area contributed by atoms with Gasteiger partial charge in [0, 0.05) is 18.5 Å². The molecule has 0 radical (unpaired) electrons. The maximum Gasteiger partial charge on any atom is 0.228 e. The summed E-state index contributed by atoms with van der Waals surface area (Å²) in [5, 5.41) is 3.20. The maximum atomic E-state index is 5.86. The van der Waals surface area contributed by atoms with E-state index < -0.39 is 0 Å². The number of rotatable bonds is 5. The molecular weight excluding hydrogens is 342 g/mol. The van der Waals surface area contributed by atoms with E-state index in [1.54, 1.807) is 31.8 Å². The number of ether oxygens (including phenoxy) is 1. The third kappa shape index (κ3) is 3.77. The monoisotopic (exact) mass is 359 g/mol. The van der Waals surface area contributed by atoms with Crippen LogP contribution in [-0.2, 0) is 0 Å². The summed E-state index contributed by atoms with van der Waals surface area (Å²) in [4.78, 5) is 17.4. The number of methoxy groups -OCH3 is 1. The van der Waals surface area contributed by atoms with Crippen LogP contribution < -0.4 is 10.1 Å². The van der Waals surface area contributed by atoms with Gasteiger partial charge in [-0.05, 0) is 42.8 Å². The summed E-state index contributed by atoms with van der Waals surface area (Å²) in [6.45, 7) is 2.01. The van der Waals surface area contributed by atoms with Gasteiger partial charge in [0.2, 0.25) is 11.8 Å². The Morgan fingerprint density at radius 3 is 2.67 bits per heavy atom. The van der Waals surface area contributed by atoms with E-state index in [9.17, 15) is 0 Å². The molecule has 0 amide bonds. The lowest BCUT2D eigenvalue weighted by atomic mass is 10.3. The fraction of sp³-hybridized carbons (Fsp3) is 0.100. The molecule has 0 saturated carbocycles. The number of nitrogens with one attached hydrogen (secondary N) is 1. The molecule has 0 aromatic carbocycles. The molecule has 0 aliphatic rings. The normalized spacial score (nSPS) is 10.6. The molecule has 0 aliphatic carbocycles. The second-order valence-corrected chi connectivity index (χ2v) is 5.87. The largest absolute Gasteiger partial charge is 0.481 e. The summed E-state index contributed by atoms with van der Waals surface area (Å²) in [5.41, 5.74) is 2.56. The van der Waals surface area contributed by atoms with E-state index in [0.29, 0.717) is 29.0 Å². The third-order valence-corrected chi connectivity index (χ3v) is 3.87. The molecule has 0 saturated heterocycles. The van der Waals surface area contributed by atoms with Crippen LogP contribution in [0.3, 0.4) is 0 Å². The molecule has 0 atom stereocenters. The average Bonchev–Trinajstić information content (AvgIpc) is 3.19. The van der Waals surface area contributed by atoms with Crippen LogP contribution in [0.5, 0.6) is 5.88 Å². The highest BCUT2D eigenvalue weighted by Crippen LogP contribution is 2.26. The van der Waals surface area contributed by atoms with Crippen molar-refractivity contribution in [3.8, 4) is 28.8 Å². The zero-order chi connectivity index (χ0) is 18.6. The molecule has 0 unspecified atom stereocenters. The molecule has 7 heteroatoms. The molecule has 0 spiro atoms. The first-order chi connectivity index (χ1) is 13.2. The molecular formula is C20H17N5O2. The molecule has 134 valence electrons. The summed E-state index contributed by atoms with van der Waals surface area (Å²) in [6.07, 6.45) is 5.06. The standard InChI is InChI=1S/C20H17N5O2/c1-13-8-9-21-18(10-13)25-17-5-3-4-15(24-17)16-12-23-20(27-16)14-6-7-19(26-2)22-11-14/h3-12H,1-2H3,(H,21,24,25). The Bertz CT molecular complexity index is 1060. The van der Waals surface area contributed by atoms with Crippen molar-refractivity contribution in [3.63, 3.8) is 0 Å². The fourth-order valence-corrected chi connectivity index (χ4v) is 2.53. The minimum Gasteiger partial charge on any atom is -0.481 e. The Balaban J connectivity index is 1.58. The van der Waals surface area contributed by atoms with Gasteiger partial charge in [-0.1, -0.05) is 6.07 Å². The third-order valence-electron chi connectivity index (χ3n) is 3.87. The van der Waals surface area contributed by atoms with Crippen molar-refractivity contribution in [1.29, 1.82) is 0 Å². The second kappa shape index (κ2) is 7.25. The van der Waals surface area contributed by atoms with Gasteiger partial charge in [0.1, 0.15) is 17.3 Å². The predicted octanol–water partition coefficient (Wildman–Crippen LogP) is 4.25. The van der Waals surface area contributed by atoms with Crippen LogP contribution in [0.1, 0.15) is 5.56 Å². The molecule has 4 rings (SSSR count). The molecule has 7 nitrogen and oxygen atoms in total. The van der Waals surface area contributed by atoms with Crippen LogP contribution in [0.15, 0.2) is 65.5 Å². The highest BCUT2D eigenvalue weighted by atomic mass is 16.5. The average molecular weight is 359 g/mol. The van der Waals surface area contributed by atoms with E-state index in [4.69, 9.17) is 9.15 Å². The Hall–Kier alpha value is -3.74. The van der Waals surface area contributed by atoms with Crippen LogP contribution >= 0.6 is 0 Å². The van der Waals surface area contributed by atoms with Crippen molar-refractivity contribution >= 4 is 11.6 Å². The van der Waals surface area contributed by atoms with Crippen LogP contribution in [0.2, 0.25) is 0 Å². The first kappa shape index (κ1) is 16.7. The van der Waals surface area contributed by atoms with E-state index in [1.807, 2.05) is 43.3 Å². The van der Waals surface area contributed by atoms with Crippen molar-refractivity contribution in [1.82, 2.24) is 19.9 Å². The molecule has 0 aliphatic heterocycles. The lowest BCUT2D eigenvalue weighted by Gasteiger charge is -2.06. The van der Waals surface area contributed by atoms with Crippen molar-refractivity contribution in [2.45, 2.75) is 6.92 Å². The fourth-order valence-electron chi connectivity index (χ4n) is 2.53. The van der Waals surface area contributed by atoms with Gasteiger partial charge in [-0.2, -0.15) is 0 Å². The van der Waals surface area contributed by atoms with Crippen molar-refractivity contribution in [2.24, 2.45) is 0 Å². The minimum absolute atomic E-state index is 0.473. The van der Waals surface area contributed by atoms with Gasteiger partial charge in [-0.15, -0.1) is 0 Å². The zero-order valence-electron chi connectivity index (χ0n) is 14.9. The summed E-state index contributed by atoms with van der Waals surface area (Å²) in [6, 6.07) is 13.1. The summed E-state index contributed by atoms with van der Waals surface area (Å²) in [5.74, 6) is 3.00. The number of aromatic nitrogens is 4. The topological polar surface area (TPSA) is 86.0 Å². The van der Waals surface area contributed by atoms with Crippen molar-refractivity contribution < 1.29 is 9.15 Å². The molecule has 1 N–H and O–H groups in total. The second-order valence-electron chi connectivity index (χ2n) is 5.87. The lowest BCUT2D eigenvalue weighted by Crippen LogP contribution is -1.96. The summed E-state index contributed by atoms with van der Waals surface area (Å²) < 4.78 is 10.9. The molecule has 4 aromatic rings. The number of aryl methyl sites for hydroxylation is 1. The van der Waals surface area contributed by atoms with Gasteiger partial charge >= 0.3 is 0 Å². The molecule has 4 heterocycles. The van der Waals surface area contributed by atoms with Crippen LogP contribution in [-0.4, -0.2) is 27.0 Å². The summed E-state index contributed by atoms with van der Waals surface area (Å²) in [7, 11) is 1.57. The Morgan fingerprint density at radius 2 is 1.89 bits per heavy atom. The Kier molecular flexibility index (Phi) is 4.49. The lowest BCUT2D eigenvalue weighted by molar-refractivity contribution is 0.398. The number of nitrogens with zero attached hydrogens (tertiary/aromatic N) is 4. The quantitative estimate of drug-likeness (QED) is 0.570. The Labute approximate surface area is 156 Å². The van der Waals surface area contributed by atoms with Gasteiger partial charge in [-0.3, -0.25) is 0 Å². The van der Waals surface area contributed by atoms with E-state index >= 15 is 0 Å². The van der Waals surface area contributed by atoms with E-state index in [1.165, 1.54) is 0 Å². The van der Waals surface area contributed by atoms with Gasteiger partial charge in [0.15, 0.2) is 5.76 Å². The van der Waals surface area contributed by atoms with Crippen LogP contribution in [0.4, 0.5) is 11.6 Å². The number of hydrogen-bond acceptors (Lipinski definition) is 7. The van der Waals surface area contributed by atoms with Gasteiger partial charge in [0.25, 0.3) is 0 Å². The number of pyridine rings is 3. The van der Waals surface area contributed by atoms with Crippen molar-refractivity contribution in [3.05, 3.63) is 66.6 Å². The number of hydrogen-bond donors (Lipinski definition) is 1. The Morgan fingerprint density at radius 1 is 0.963 bits per heavy atom. The number of oxazole rings is 1. The SMILES string of the molecule is COc1ccc(-c2ncc(-c3cccc(Nc4cc(C)ccn4)n3)o2)cn1. The van der Waals surface area contributed by atoms with Crippen LogP contribution in [0, 0.1) is 6.92 Å². The minimum atomic E-state index is 0.473. The molecule has 4 aromatic heterocycles. The van der Waals surface area contributed by atoms with Gasteiger partial charge in [0.05, 0.1) is 18.9 Å². The van der Waals surface area contributed by atoms with Gasteiger partial charge < -0.3 is 14.5 Å². The van der Waals surface area contributed by atoms with E-state index in [0.717, 1.165) is 16.9 Å². The highest BCUT2D eigenvalue weighted by Gasteiger charge is 2.11. The first-order valence-corrected chi connectivity index (χ1v) is 8.34. The predicted molar refractivity (Wildman–Crippen MR) is 102 cm³/mol. The first-order valence-electron chi connectivity index (χ1n) is 8.34. The summed E-state index contributed by atoms with van der Waals surface area (Å²) >= 11 is 0. The van der Waals surface area contributed by atoms with Crippen LogP contribution in [0.25, 0.3) is 22.9 Å². The smallest absolute Gasteiger partial charge is 0.228 e.